The third-order valence-corrected chi connectivity index (χ3v) is 5.00. The zero-order chi connectivity index (χ0) is 15.2. The summed E-state index contributed by atoms with van der Waals surface area (Å²) in [5, 5.41) is 9.01. The third kappa shape index (κ3) is 4.89. The van der Waals surface area contributed by atoms with E-state index in [2.05, 4.69) is 11.6 Å². The van der Waals surface area contributed by atoms with Gasteiger partial charge in [-0.05, 0) is 49.8 Å². The van der Waals surface area contributed by atoms with Gasteiger partial charge in [0.1, 0.15) is 0 Å². The van der Waals surface area contributed by atoms with Gasteiger partial charge in [0.05, 0.1) is 4.90 Å². The van der Waals surface area contributed by atoms with E-state index < -0.39 is 10.0 Å². The number of rotatable bonds is 8. The molecule has 0 fully saturated rings. The molecular formula is C15H25NO3S. The van der Waals surface area contributed by atoms with Crippen molar-refractivity contribution < 1.29 is 13.5 Å². The Labute approximate surface area is 122 Å². The highest BCUT2D eigenvalue weighted by atomic mass is 32.2. The first-order valence-electron chi connectivity index (χ1n) is 7.08. The van der Waals surface area contributed by atoms with E-state index >= 15 is 0 Å². The molecule has 2 N–H and O–H groups in total. The maximum absolute atomic E-state index is 12.3. The van der Waals surface area contributed by atoms with Crippen LogP contribution in [0.15, 0.2) is 23.1 Å². The Morgan fingerprint density at radius 2 is 1.95 bits per heavy atom. The van der Waals surface area contributed by atoms with Crippen molar-refractivity contribution in [1.29, 1.82) is 0 Å². The van der Waals surface area contributed by atoms with Gasteiger partial charge in [-0.3, -0.25) is 0 Å². The Hall–Kier alpha value is -0.910. The fourth-order valence-electron chi connectivity index (χ4n) is 2.24. The van der Waals surface area contributed by atoms with Crippen molar-refractivity contribution in [2.24, 2.45) is 5.92 Å². The van der Waals surface area contributed by atoms with E-state index in [1.807, 2.05) is 19.1 Å². The van der Waals surface area contributed by atoms with Crippen molar-refractivity contribution in [2.75, 3.05) is 13.2 Å². The van der Waals surface area contributed by atoms with Crippen LogP contribution < -0.4 is 4.72 Å². The molecule has 1 aromatic rings. The quantitative estimate of drug-likeness (QED) is 0.774. The maximum atomic E-state index is 12.3. The second-order valence-electron chi connectivity index (χ2n) is 5.29. The molecule has 20 heavy (non-hydrogen) atoms. The summed E-state index contributed by atoms with van der Waals surface area (Å²) in [6.07, 6.45) is 2.52. The van der Waals surface area contributed by atoms with Gasteiger partial charge in [0.25, 0.3) is 0 Å². The molecular weight excluding hydrogens is 274 g/mol. The van der Waals surface area contributed by atoms with E-state index in [0.717, 1.165) is 24.0 Å². The Morgan fingerprint density at radius 1 is 1.25 bits per heavy atom. The van der Waals surface area contributed by atoms with Crippen molar-refractivity contribution in [3.63, 3.8) is 0 Å². The van der Waals surface area contributed by atoms with Gasteiger partial charge in [0, 0.05) is 13.2 Å². The molecule has 0 amide bonds. The summed E-state index contributed by atoms with van der Waals surface area (Å²) in [6.45, 7) is 6.21. The van der Waals surface area contributed by atoms with Gasteiger partial charge in [-0.25, -0.2) is 13.1 Å². The SMILES string of the molecule is CCCC(CCO)CNS(=O)(=O)c1cc(C)ccc1C. The van der Waals surface area contributed by atoms with Gasteiger partial charge in [0.2, 0.25) is 10.0 Å². The van der Waals surface area contributed by atoms with Crippen molar-refractivity contribution in [2.45, 2.75) is 44.9 Å². The zero-order valence-corrected chi connectivity index (χ0v) is 13.3. The lowest BCUT2D eigenvalue weighted by molar-refractivity contribution is 0.251. The number of aliphatic hydroxyl groups is 1. The minimum Gasteiger partial charge on any atom is -0.396 e. The lowest BCUT2D eigenvalue weighted by Crippen LogP contribution is -2.30. The minimum atomic E-state index is -3.48. The molecule has 0 saturated heterocycles. The Kier molecular flexibility index (Phi) is 6.65. The predicted molar refractivity (Wildman–Crippen MR) is 81.2 cm³/mol. The van der Waals surface area contributed by atoms with Crippen LogP contribution in [0, 0.1) is 19.8 Å². The average Bonchev–Trinajstić information content (AvgIpc) is 2.39. The van der Waals surface area contributed by atoms with Gasteiger partial charge in [0.15, 0.2) is 0 Å². The number of nitrogens with one attached hydrogen (secondary N) is 1. The number of benzene rings is 1. The van der Waals surface area contributed by atoms with Crippen LogP contribution in [-0.2, 0) is 10.0 Å². The van der Waals surface area contributed by atoms with E-state index in [1.165, 1.54) is 0 Å². The first kappa shape index (κ1) is 17.1. The van der Waals surface area contributed by atoms with Gasteiger partial charge in [-0.15, -0.1) is 0 Å². The number of aliphatic hydroxyl groups excluding tert-OH is 1. The molecule has 0 aliphatic rings. The monoisotopic (exact) mass is 299 g/mol. The van der Waals surface area contributed by atoms with Gasteiger partial charge in [-0.1, -0.05) is 25.5 Å². The Morgan fingerprint density at radius 3 is 2.55 bits per heavy atom. The topological polar surface area (TPSA) is 66.4 Å². The molecule has 114 valence electrons. The molecule has 4 nitrogen and oxygen atoms in total. The van der Waals surface area contributed by atoms with Crippen LogP contribution in [0.25, 0.3) is 0 Å². The molecule has 1 rings (SSSR count). The normalized spacial score (nSPS) is 13.4. The number of hydrogen-bond acceptors (Lipinski definition) is 3. The van der Waals surface area contributed by atoms with Crippen LogP contribution >= 0.6 is 0 Å². The molecule has 0 aromatic heterocycles. The lowest BCUT2D eigenvalue weighted by Gasteiger charge is -2.16. The molecule has 0 bridgehead atoms. The maximum Gasteiger partial charge on any atom is 0.240 e. The minimum absolute atomic E-state index is 0.0931. The van der Waals surface area contributed by atoms with Gasteiger partial charge < -0.3 is 5.11 Å². The molecule has 0 radical (unpaired) electrons. The summed E-state index contributed by atoms with van der Waals surface area (Å²) in [4.78, 5) is 0.344. The van der Waals surface area contributed by atoms with Crippen LogP contribution in [0.3, 0.4) is 0 Å². The van der Waals surface area contributed by atoms with Crippen LogP contribution in [0.5, 0.6) is 0 Å². The van der Waals surface area contributed by atoms with Gasteiger partial charge in [-0.2, -0.15) is 0 Å². The summed E-state index contributed by atoms with van der Waals surface area (Å²) in [7, 11) is -3.48. The van der Waals surface area contributed by atoms with Crippen LogP contribution in [0.1, 0.15) is 37.3 Å². The van der Waals surface area contributed by atoms with Crippen LogP contribution in [0.4, 0.5) is 0 Å². The van der Waals surface area contributed by atoms with Crippen LogP contribution in [-0.4, -0.2) is 26.7 Å². The standard InChI is InChI=1S/C15H25NO3S/c1-4-5-14(8-9-17)11-16-20(18,19)15-10-12(2)6-7-13(15)3/h6-7,10,14,16-17H,4-5,8-9,11H2,1-3H3. The van der Waals surface area contributed by atoms with Crippen molar-refractivity contribution in [1.82, 2.24) is 4.72 Å². The highest BCUT2D eigenvalue weighted by Gasteiger charge is 2.18. The molecule has 5 heteroatoms. The van der Waals surface area contributed by atoms with Crippen molar-refractivity contribution in [3.8, 4) is 0 Å². The molecule has 0 spiro atoms. The summed E-state index contributed by atoms with van der Waals surface area (Å²) in [5.74, 6) is 0.185. The number of hydrogen-bond donors (Lipinski definition) is 2. The van der Waals surface area contributed by atoms with Crippen LogP contribution in [0.2, 0.25) is 0 Å². The molecule has 0 aliphatic heterocycles. The highest BCUT2D eigenvalue weighted by Crippen LogP contribution is 2.17. The second-order valence-corrected chi connectivity index (χ2v) is 7.02. The molecule has 1 atom stereocenters. The molecule has 0 saturated carbocycles. The average molecular weight is 299 g/mol. The van der Waals surface area contributed by atoms with Crippen molar-refractivity contribution >= 4 is 10.0 Å². The Balaban J connectivity index is 2.81. The summed E-state index contributed by atoms with van der Waals surface area (Å²) in [5.41, 5.74) is 1.67. The molecule has 1 unspecified atom stereocenters. The summed E-state index contributed by atoms with van der Waals surface area (Å²) >= 11 is 0. The van der Waals surface area contributed by atoms with E-state index in [4.69, 9.17) is 5.11 Å². The van der Waals surface area contributed by atoms with Crippen molar-refractivity contribution in [3.05, 3.63) is 29.3 Å². The van der Waals surface area contributed by atoms with E-state index in [-0.39, 0.29) is 12.5 Å². The molecule has 0 heterocycles. The zero-order valence-electron chi connectivity index (χ0n) is 12.5. The fourth-order valence-corrected chi connectivity index (χ4v) is 3.69. The lowest BCUT2D eigenvalue weighted by atomic mass is 10.0. The Bertz CT molecular complexity index is 520. The largest absolute Gasteiger partial charge is 0.396 e. The molecule has 0 aliphatic carbocycles. The summed E-state index contributed by atoms with van der Waals surface area (Å²) in [6, 6.07) is 5.42. The second kappa shape index (κ2) is 7.76. The predicted octanol–water partition coefficient (Wildman–Crippen LogP) is 2.38. The van der Waals surface area contributed by atoms with Gasteiger partial charge >= 0.3 is 0 Å². The number of sulfonamides is 1. The van der Waals surface area contributed by atoms with E-state index in [1.54, 1.807) is 13.0 Å². The highest BCUT2D eigenvalue weighted by molar-refractivity contribution is 7.89. The summed E-state index contributed by atoms with van der Waals surface area (Å²) < 4.78 is 27.4. The molecule has 1 aromatic carbocycles. The third-order valence-electron chi connectivity index (χ3n) is 3.43. The first-order valence-corrected chi connectivity index (χ1v) is 8.56. The van der Waals surface area contributed by atoms with E-state index in [0.29, 0.717) is 17.9 Å². The number of aryl methyl sites for hydroxylation is 2. The fraction of sp³-hybridized carbons (Fsp3) is 0.600. The smallest absolute Gasteiger partial charge is 0.240 e. The van der Waals surface area contributed by atoms with E-state index in [9.17, 15) is 8.42 Å². The first-order chi connectivity index (χ1) is 9.40.